The second-order valence-electron chi connectivity index (χ2n) is 34.0. The molecular formula is C72H114O36. The van der Waals surface area contributed by atoms with Gasteiger partial charge in [0.2, 0.25) is 6.29 Å². The van der Waals surface area contributed by atoms with Gasteiger partial charge in [-0.05, 0) is 117 Å². The lowest BCUT2D eigenvalue weighted by molar-refractivity contribution is -0.395. The van der Waals surface area contributed by atoms with Gasteiger partial charge < -0.3 is 168 Å². The number of allylic oxidation sites excluding steroid dienone is 2. The maximum Gasteiger partial charge on any atom is 0.315 e. The van der Waals surface area contributed by atoms with Crippen LogP contribution in [0.5, 0.6) is 0 Å². The molecule has 12 aliphatic rings. The third kappa shape index (κ3) is 15.0. The van der Waals surface area contributed by atoms with E-state index in [9.17, 15) is 102 Å². The molecule has 7 saturated heterocycles. The quantitative estimate of drug-likeness (QED) is 0.0248. The number of aldehydes is 1. The third-order valence-electron chi connectivity index (χ3n) is 27.1. The summed E-state index contributed by atoms with van der Waals surface area (Å²) in [5, 5.41) is 198. The molecule has 0 aromatic carbocycles. The first-order valence-electron chi connectivity index (χ1n) is 37.8. The van der Waals surface area contributed by atoms with E-state index in [1.165, 1.54) is 13.8 Å². The fraction of sp³-hybridized carbons (Fsp3) is 0.931. The number of aliphatic hydroxyl groups excluding tert-OH is 18. The van der Waals surface area contributed by atoms with Crippen LogP contribution in [0.2, 0.25) is 0 Å². The van der Waals surface area contributed by atoms with Crippen molar-refractivity contribution in [3.63, 3.8) is 0 Å². The molecule has 18 N–H and O–H groups in total. The molecule has 7 heterocycles. The second-order valence-corrected chi connectivity index (χ2v) is 34.0. The highest BCUT2D eigenvalue weighted by atomic mass is 16.8. The SMILES string of the molecule is CC(=O)OC[C@H]1O[C@@H](O[C@H]2[C@@H](O)[C@H](O[C@H]3[C@H](OC(=O)[C@]45CCC(C)(C)C[C@H]4C4=CCC6[C@@]7(C)CC[C@H](O[C@@H]8O[C@H](CO)[C@@H](O)[C@H](O[C@@H]9OC[C@@H](O)[C@H](O)[C@H]9O)[C@H]8O[C@@H]8O[C@H](CO)[C@H](O)[C@H](O)[C@H]8O)[C@@](C)(C=O)[C@@H]7CC[C@@]6(C)[C@]4(C)CC5)O[C@H](C)[C@H](O)[C@@H]3O)O[C@@H](C)[C@@H]2O[C@@H]2OC[C@@H](O)[C@H](O)[C@H]2O)[C@H](O)[C@@H](O)[C@@H]1O. The van der Waals surface area contributed by atoms with Gasteiger partial charge >= 0.3 is 11.9 Å². The molecule has 108 heavy (non-hydrogen) atoms. The predicted octanol–water partition coefficient (Wildman–Crippen LogP) is -5.48. The minimum absolute atomic E-state index is 0.0857. The fourth-order valence-electron chi connectivity index (χ4n) is 20.3. The first-order valence-corrected chi connectivity index (χ1v) is 37.8. The number of esters is 2. The number of carbonyl (C=O) groups is 3. The van der Waals surface area contributed by atoms with Gasteiger partial charge in [-0.15, -0.1) is 0 Å². The van der Waals surface area contributed by atoms with Crippen molar-refractivity contribution >= 4 is 18.2 Å². The van der Waals surface area contributed by atoms with E-state index in [1.807, 2.05) is 0 Å². The largest absolute Gasteiger partial charge is 0.463 e. The van der Waals surface area contributed by atoms with Gasteiger partial charge in [-0.3, -0.25) is 9.59 Å². The molecule has 1 unspecified atom stereocenters. The fourth-order valence-corrected chi connectivity index (χ4v) is 20.3. The van der Waals surface area contributed by atoms with Crippen LogP contribution in [0.25, 0.3) is 0 Å². The molecule has 36 heteroatoms. The van der Waals surface area contributed by atoms with Crippen molar-refractivity contribution in [3.8, 4) is 0 Å². The molecule has 0 amide bonds. The van der Waals surface area contributed by atoms with Gasteiger partial charge in [-0.25, -0.2) is 0 Å². The topological polar surface area (TPSA) is 554 Å². The van der Waals surface area contributed by atoms with E-state index in [1.54, 1.807) is 6.92 Å². The Morgan fingerprint density at radius 3 is 1.59 bits per heavy atom. The van der Waals surface area contributed by atoms with Crippen molar-refractivity contribution < 1.29 is 177 Å². The van der Waals surface area contributed by atoms with Gasteiger partial charge in [0.25, 0.3) is 0 Å². The van der Waals surface area contributed by atoms with Crippen molar-refractivity contribution in [1.29, 1.82) is 0 Å². The number of ether oxygens (including phenoxy) is 15. The van der Waals surface area contributed by atoms with E-state index >= 15 is 4.79 Å². The normalized spacial score (nSPS) is 53.8. The Balaban J connectivity index is 0.801. The van der Waals surface area contributed by atoms with Crippen LogP contribution in [0.3, 0.4) is 0 Å². The van der Waals surface area contributed by atoms with E-state index in [2.05, 4.69) is 40.7 Å². The summed E-state index contributed by atoms with van der Waals surface area (Å²) in [5.74, 6) is -2.35. The zero-order valence-electron chi connectivity index (χ0n) is 62.0. The lowest BCUT2D eigenvalue weighted by Crippen LogP contribution is -2.68. The van der Waals surface area contributed by atoms with Crippen molar-refractivity contribution in [2.75, 3.05) is 33.0 Å². The van der Waals surface area contributed by atoms with Crippen molar-refractivity contribution in [3.05, 3.63) is 11.6 Å². The summed E-state index contributed by atoms with van der Waals surface area (Å²) in [7, 11) is 0. The highest BCUT2D eigenvalue weighted by Gasteiger charge is 2.72. The Morgan fingerprint density at radius 2 is 0.991 bits per heavy atom. The number of fused-ring (bicyclic) bond motifs is 7. The predicted molar refractivity (Wildman–Crippen MR) is 356 cm³/mol. The molecule has 0 spiro atoms. The molecule has 0 aromatic heterocycles. The van der Waals surface area contributed by atoms with Crippen molar-refractivity contribution in [2.24, 2.45) is 50.2 Å². The van der Waals surface area contributed by atoms with Crippen LogP contribution in [-0.4, -0.2) is 352 Å². The van der Waals surface area contributed by atoms with Crippen molar-refractivity contribution in [2.45, 2.75) is 335 Å². The molecule has 12 rings (SSSR count). The average Bonchev–Trinajstić information content (AvgIpc) is 0.673. The van der Waals surface area contributed by atoms with Gasteiger partial charge in [0.05, 0.1) is 55.6 Å². The highest BCUT2D eigenvalue weighted by Crippen LogP contribution is 2.76. The number of hydrogen-bond donors (Lipinski definition) is 18. The number of aliphatic hydroxyl groups is 18. The molecule has 42 atom stereocenters. The summed E-state index contributed by atoms with van der Waals surface area (Å²) in [6.45, 7) is 13.4. The molecule has 4 saturated carbocycles. The smallest absolute Gasteiger partial charge is 0.315 e. The minimum Gasteiger partial charge on any atom is -0.463 e. The number of rotatable bonds is 19. The van der Waals surface area contributed by atoms with Crippen LogP contribution in [0.1, 0.15) is 127 Å². The molecule has 618 valence electrons. The molecule has 5 aliphatic carbocycles. The molecule has 11 fully saturated rings. The summed E-state index contributed by atoms with van der Waals surface area (Å²) in [5.41, 5.74) is -3.39. The van der Waals surface area contributed by atoms with Gasteiger partial charge in [-0.1, -0.05) is 53.2 Å². The van der Waals surface area contributed by atoms with Crippen LogP contribution in [-0.2, 0) is 85.4 Å². The molecule has 36 nitrogen and oxygen atoms in total. The Labute approximate surface area is 623 Å². The van der Waals surface area contributed by atoms with Crippen LogP contribution < -0.4 is 0 Å². The van der Waals surface area contributed by atoms with Crippen LogP contribution >= 0.6 is 0 Å². The first-order chi connectivity index (χ1) is 50.7. The monoisotopic (exact) mass is 1550 g/mol. The zero-order valence-corrected chi connectivity index (χ0v) is 62.0. The summed E-state index contributed by atoms with van der Waals surface area (Å²) in [6, 6.07) is 0. The summed E-state index contributed by atoms with van der Waals surface area (Å²) >= 11 is 0. The molecular weight excluding hydrogens is 1440 g/mol. The van der Waals surface area contributed by atoms with E-state index in [0.29, 0.717) is 57.8 Å². The molecule has 7 aliphatic heterocycles. The molecule has 0 aromatic rings. The number of hydrogen-bond acceptors (Lipinski definition) is 36. The Bertz CT molecular complexity index is 3130. The summed E-state index contributed by atoms with van der Waals surface area (Å²) in [6.07, 6.45) is -51.3. The Kier molecular flexibility index (Phi) is 25.3. The minimum atomic E-state index is -2.11. The average molecular weight is 1560 g/mol. The lowest BCUT2D eigenvalue weighted by Gasteiger charge is -2.71. The third-order valence-corrected chi connectivity index (χ3v) is 27.1. The Hall–Kier alpha value is -2.89. The lowest BCUT2D eigenvalue weighted by atomic mass is 9.33. The maximum absolute atomic E-state index is 15.9. The van der Waals surface area contributed by atoms with Gasteiger partial charge in [0.15, 0.2) is 43.8 Å². The van der Waals surface area contributed by atoms with Gasteiger partial charge in [0, 0.05) is 6.92 Å². The van der Waals surface area contributed by atoms with Crippen molar-refractivity contribution in [1.82, 2.24) is 0 Å². The van der Waals surface area contributed by atoms with Crippen LogP contribution in [0.15, 0.2) is 11.6 Å². The summed E-state index contributed by atoms with van der Waals surface area (Å²) in [4.78, 5) is 42.0. The highest BCUT2D eigenvalue weighted by molar-refractivity contribution is 5.79. The second kappa shape index (κ2) is 32.3. The molecule has 0 radical (unpaired) electrons. The molecule has 0 bridgehead atoms. The zero-order chi connectivity index (χ0) is 78.7. The summed E-state index contributed by atoms with van der Waals surface area (Å²) < 4.78 is 91.1. The van der Waals surface area contributed by atoms with Crippen LogP contribution in [0, 0.1) is 50.2 Å². The van der Waals surface area contributed by atoms with E-state index in [-0.39, 0.29) is 23.7 Å². The standard InChI is InChI=1S/C72H114O36/c1-27-40(79)48(87)57(106-63-53(92)56(54(28(2)98-63)103-59-49(88)41(80)32(77)23-95-59)105-62-52(91)47(86)44(83)36(101-62)25-94-29(3)76)64(97-27)108-66(93)72-18-16-67(4,5)20-31(72)30-10-11-38-68(6)14-13-39(69(7,26-75)37(68)12-15-71(38,9)70(30,8)17-19-72)102-65-58(107-61-51(90)46(85)43(82)34(21-73)99-61)55(45(84)35(22-74)100-65)104-60-50(89)42(81)33(78)24-96-60/h10,26-28,31-65,73-74,77-92H,11-25H2,1-9H3/t27-,28+,31+,32-,33-,34-,35-,36-,37-,38?,39+,40+,41+,42+,43+,44-,45-,46+,47+,48+,49-,50-,51-,52-,53-,54+,55+,56+,57-,58-,59+,60+,61+,62+,63+,64+,65+,68+,69+,70-,71-,72+/m1/s1. The van der Waals surface area contributed by atoms with Gasteiger partial charge in [0.1, 0.15) is 153 Å². The van der Waals surface area contributed by atoms with E-state index in [0.717, 1.165) is 18.8 Å². The van der Waals surface area contributed by atoms with E-state index in [4.69, 9.17) is 71.1 Å². The van der Waals surface area contributed by atoms with E-state index < -0.39 is 287 Å². The van der Waals surface area contributed by atoms with Gasteiger partial charge in [-0.2, -0.15) is 0 Å². The Morgan fingerprint density at radius 1 is 0.481 bits per heavy atom. The number of carbonyl (C=O) groups excluding carboxylic acids is 3. The maximum atomic E-state index is 15.9. The first kappa shape index (κ1) is 84.5. The van der Waals surface area contributed by atoms with Crippen LogP contribution in [0.4, 0.5) is 0 Å².